The van der Waals surface area contributed by atoms with Gasteiger partial charge in [0, 0.05) is 33.9 Å². The number of fused-ring (bicyclic) bond motifs is 1. The van der Waals surface area contributed by atoms with Crippen molar-refractivity contribution >= 4 is 44.8 Å². The van der Waals surface area contributed by atoms with E-state index in [-0.39, 0.29) is 0 Å². The molecule has 0 heterocycles. The van der Waals surface area contributed by atoms with Gasteiger partial charge in [0.15, 0.2) is 0 Å². The second-order valence-electron chi connectivity index (χ2n) is 13.5. The Hall–Kier alpha value is -7.16. The van der Waals surface area contributed by atoms with E-state index in [1.165, 1.54) is 33.0 Å². The van der Waals surface area contributed by atoms with Gasteiger partial charge in [0.1, 0.15) is 0 Å². The molecule has 0 spiro atoms. The maximum Gasteiger partial charge on any atom is 0.0540 e. The van der Waals surface area contributed by atoms with Crippen molar-refractivity contribution in [2.24, 2.45) is 0 Å². The van der Waals surface area contributed by atoms with Crippen LogP contribution in [0, 0.1) is 0 Å². The summed E-state index contributed by atoms with van der Waals surface area (Å²) in [7, 11) is 0. The highest BCUT2D eigenvalue weighted by Gasteiger charge is 2.17. The smallest absolute Gasteiger partial charge is 0.0540 e. The van der Waals surface area contributed by atoms with Crippen LogP contribution in [0.2, 0.25) is 0 Å². The van der Waals surface area contributed by atoms with Crippen LogP contribution in [0.3, 0.4) is 0 Å². The molecule has 0 radical (unpaired) electrons. The van der Waals surface area contributed by atoms with Gasteiger partial charge in [-0.1, -0.05) is 170 Å². The van der Waals surface area contributed by atoms with Crippen LogP contribution in [0.15, 0.2) is 225 Å². The van der Waals surface area contributed by atoms with Crippen LogP contribution in [0.5, 0.6) is 0 Å². The summed E-state index contributed by atoms with van der Waals surface area (Å²) in [6, 6.07) is 69.1. The number of hydrogen-bond acceptors (Lipinski definition) is 2. The minimum Gasteiger partial charge on any atom is -0.355 e. The van der Waals surface area contributed by atoms with Crippen molar-refractivity contribution in [3.63, 3.8) is 0 Å². The Bertz CT molecular complexity index is 2620. The number of nitrogens with zero attached hydrogens (tertiary/aromatic N) is 1. The topological polar surface area (TPSA) is 15.3 Å². The Balaban J connectivity index is 1.14. The molecule has 8 aromatic carbocycles. The van der Waals surface area contributed by atoms with Crippen molar-refractivity contribution in [2.45, 2.75) is 6.92 Å². The van der Waals surface area contributed by atoms with E-state index < -0.39 is 0 Å². The Morgan fingerprint density at radius 1 is 0.491 bits per heavy atom. The molecule has 8 aromatic rings. The van der Waals surface area contributed by atoms with Gasteiger partial charge in [0.25, 0.3) is 0 Å². The number of allylic oxidation sites excluding steroid dienone is 5. The lowest BCUT2D eigenvalue weighted by Gasteiger charge is -2.28. The van der Waals surface area contributed by atoms with E-state index in [9.17, 15) is 0 Å². The van der Waals surface area contributed by atoms with E-state index in [1.807, 2.05) is 25.2 Å². The van der Waals surface area contributed by atoms with Crippen LogP contribution in [0.25, 0.3) is 49.7 Å². The number of nitrogens with one attached hydrogen (secondary N) is 1. The van der Waals surface area contributed by atoms with Crippen LogP contribution >= 0.6 is 0 Å². The van der Waals surface area contributed by atoms with Gasteiger partial charge < -0.3 is 10.2 Å². The predicted octanol–water partition coefficient (Wildman–Crippen LogP) is 15.2. The first kappa shape index (κ1) is 34.9. The first-order chi connectivity index (χ1) is 27.1. The van der Waals surface area contributed by atoms with Crippen molar-refractivity contribution in [1.29, 1.82) is 0 Å². The van der Waals surface area contributed by atoms with E-state index in [4.69, 9.17) is 0 Å². The summed E-state index contributed by atoms with van der Waals surface area (Å²) < 4.78 is 0. The summed E-state index contributed by atoms with van der Waals surface area (Å²) >= 11 is 0. The van der Waals surface area contributed by atoms with Crippen LogP contribution in [-0.2, 0) is 0 Å². The van der Waals surface area contributed by atoms with Crippen molar-refractivity contribution in [1.82, 2.24) is 0 Å². The van der Waals surface area contributed by atoms with Gasteiger partial charge in [-0.25, -0.2) is 0 Å². The molecule has 0 aliphatic heterocycles. The lowest BCUT2D eigenvalue weighted by atomic mass is 9.98. The van der Waals surface area contributed by atoms with Gasteiger partial charge in [-0.3, -0.25) is 0 Å². The summed E-state index contributed by atoms with van der Waals surface area (Å²) in [5.74, 6) is 0. The second-order valence-corrected chi connectivity index (χ2v) is 13.5. The van der Waals surface area contributed by atoms with Gasteiger partial charge in [-0.15, -0.1) is 0 Å². The fourth-order valence-electron chi connectivity index (χ4n) is 7.11. The molecule has 0 amide bonds. The molecule has 55 heavy (non-hydrogen) atoms. The van der Waals surface area contributed by atoms with Gasteiger partial charge in [-0.2, -0.15) is 0 Å². The molecule has 0 aliphatic rings. The number of benzene rings is 8. The molecule has 2 nitrogen and oxygen atoms in total. The number of rotatable bonds is 11. The van der Waals surface area contributed by atoms with E-state index >= 15 is 0 Å². The third kappa shape index (κ3) is 7.81. The molecular formula is C53H42N2. The summed E-state index contributed by atoms with van der Waals surface area (Å²) in [6.45, 7) is 6.43. The quantitative estimate of drug-likeness (QED) is 0.135. The van der Waals surface area contributed by atoms with Crippen molar-refractivity contribution in [3.8, 4) is 33.4 Å². The Labute approximate surface area is 324 Å². The fourth-order valence-corrected chi connectivity index (χ4v) is 7.11. The number of hydrogen-bond donors (Lipinski definition) is 1. The molecule has 0 fully saturated rings. The molecule has 1 N–H and O–H groups in total. The van der Waals surface area contributed by atoms with E-state index in [2.05, 4.69) is 217 Å². The number of para-hydroxylation sites is 1. The Morgan fingerprint density at radius 3 is 1.71 bits per heavy atom. The molecular weight excluding hydrogens is 665 g/mol. The second kappa shape index (κ2) is 16.2. The summed E-state index contributed by atoms with van der Waals surface area (Å²) in [5, 5.41) is 6.10. The van der Waals surface area contributed by atoms with Gasteiger partial charge in [-0.05, 0) is 106 Å². The highest BCUT2D eigenvalue weighted by atomic mass is 15.1. The fraction of sp³-hybridized carbons (Fsp3) is 0.0189. The monoisotopic (exact) mass is 706 g/mol. The van der Waals surface area contributed by atoms with Gasteiger partial charge >= 0.3 is 0 Å². The molecule has 0 atom stereocenters. The normalized spacial score (nSPS) is 11.3. The Morgan fingerprint density at radius 2 is 1.04 bits per heavy atom. The van der Waals surface area contributed by atoms with Crippen LogP contribution in [-0.4, -0.2) is 0 Å². The average molecular weight is 707 g/mol. The molecule has 0 bridgehead atoms. The number of anilines is 5. The van der Waals surface area contributed by atoms with Gasteiger partial charge in [0.05, 0.1) is 5.69 Å². The standard InChI is InChI=1S/C53H42N2/c1-3-4-7-17-39(2)51-37-45-22-12-13-23-46(45)38-52(51)54-47-25-16-24-44(36-47)42-30-34-49(35-31-42)55(48-32-28-41(29-33-48)40-18-8-5-9-19-40)53-27-15-14-26-50(53)43-20-10-6-11-21-43/h3-38,54H,2H2,1H3/b4-3-,17-7-. The summed E-state index contributed by atoms with van der Waals surface area (Å²) in [6.07, 6.45) is 8.14. The molecule has 8 rings (SSSR count). The largest absolute Gasteiger partial charge is 0.355 e. The first-order valence-electron chi connectivity index (χ1n) is 18.7. The molecule has 0 saturated carbocycles. The van der Waals surface area contributed by atoms with Crippen molar-refractivity contribution in [3.05, 3.63) is 231 Å². The molecule has 264 valence electrons. The summed E-state index contributed by atoms with van der Waals surface area (Å²) in [4.78, 5) is 2.36. The van der Waals surface area contributed by atoms with E-state index in [0.717, 1.165) is 50.7 Å². The van der Waals surface area contributed by atoms with Crippen molar-refractivity contribution < 1.29 is 0 Å². The third-order valence-electron chi connectivity index (χ3n) is 9.90. The van der Waals surface area contributed by atoms with Gasteiger partial charge in [0.2, 0.25) is 0 Å². The van der Waals surface area contributed by atoms with Crippen molar-refractivity contribution in [2.75, 3.05) is 10.2 Å². The highest BCUT2D eigenvalue weighted by Crippen LogP contribution is 2.42. The molecule has 0 aliphatic carbocycles. The zero-order valence-corrected chi connectivity index (χ0v) is 30.9. The van der Waals surface area contributed by atoms with E-state index in [1.54, 1.807) is 0 Å². The average Bonchev–Trinajstić information content (AvgIpc) is 3.25. The lowest BCUT2D eigenvalue weighted by molar-refractivity contribution is 1.28. The lowest BCUT2D eigenvalue weighted by Crippen LogP contribution is -2.11. The molecule has 0 saturated heterocycles. The minimum absolute atomic E-state index is 0.950. The molecule has 0 aromatic heterocycles. The molecule has 2 heteroatoms. The third-order valence-corrected chi connectivity index (χ3v) is 9.90. The van der Waals surface area contributed by atoms with Crippen LogP contribution < -0.4 is 10.2 Å². The van der Waals surface area contributed by atoms with Crippen LogP contribution in [0.4, 0.5) is 28.4 Å². The maximum absolute atomic E-state index is 4.41. The zero-order chi connectivity index (χ0) is 37.4. The van der Waals surface area contributed by atoms with E-state index in [0.29, 0.717) is 0 Å². The predicted molar refractivity (Wildman–Crippen MR) is 238 cm³/mol. The highest BCUT2D eigenvalue weighted by molar-refractivity contribution is 5.95. The molecule has 0 unspecified atom stereocenters. The minimum atomic E-state index is 0.950. The van der Waals surface area contributed by atoms with Crippen LogP contribution in [0.1, 0.15) is 12.5 Å². The first-order valence-corrected chi connectivity index (χ1v) is 18.7. The maximum atomic E-state index is 4.41. The Kier molecular flexibility index (Phi) is 10.3. The zero-order valence-electron chi connectivity index (χ0n) is 30.9. The SMILES string of the molecule is C=C(/C=C\C=C/C)c1cc2ccccc2cc1Nc1cccc(-c2ccc(N(c3ccc(-c4ccccc4)cc3)c3ccccc3-c3ccccc3)cc2)c1. The summed E-state index contributed by atoms with van der Waals surface area (Å²) in [5.41, 5.74) is 14.4.